The first-order valence-corrected chi connectivity index (χ1v) is 15.1. The smallest absolute Gasteiger partial charge is 0.391 e. The summed E-state index contributed by atoms with van der Waals surface area (Å²) in [6.07, 6.45) is 0.0399. The summed E-state index contributed by atoms with van der Waals surface area (Å²) in [7, 11) is -1.64. The Hall–Kier alpha value is -2.27. The minimum Gasteiger partial charge on any atom is -0.496 e. The van der Waals surface area contributed by atoms with Crippen molar-refractivity contribution < 1.29 is 31.1 Å². The van der Waals surface area contributed by atoms with Gasteiger partial charge in [0, 0.05) is 24.9 Å². The number of rotatable bonds is 10. The highest BCUT2D eigenvalue weighted by Crippen LogP contribution is 2.39. The van der Waals surface area contributed by atoms with Crippen LogP contribution >= 0.6 is 11.6 Å². The summed E-state index contributed by atoms with van der Waals surface area (Å²) in [6.45, 7) is 3.94. The molecule has 1 amide bonds. The van der Waals surface area contributed by atoms with E-state index in [0.29, 0.717) is 67.8 Å². The molecule has 38 heavy (non-hydrogen) atoms. The van der Waals surface area contributed by atoms with Gasteiger partial charge in [0.2, 0.25) is 0 Å². The molecule has 0 bridgehead atoms. The average Bonchev–Trinajstić information content (AvgIpc) is 3.17. The van der Waals surface area contributed by atoms with Gasteiger partial charge in [-0.15, -0.1) is 0 Å². The lowest BCUT2D eigenvalue weighted by Gasteiger charge is -2.27. The zero-order valence-electron chi connectivity index (χ0n) is 22.1. The first-order chi connectivity index (χ1) is 17.8. The molecule has 212 valence electrons. The van der Waals surface area contributed by atoms with Crippen LogP contribution in [0.2, 0.25) is 5.02 Å². The third-order valence-corrected chi connectivity index (χ3v) is 9.16. The number of benzene rings is 1. The van der Waals surface area contributed by atoms with Crippen LogP contribution in [0.25, 0.3) is 11.3 Å². The topological polar surface area (TPSA) is 90.3 Å². The van der Waals surface area contributed by atoms with Crippen LogP contribution in [0.15, 0.2) is 18.2 Å². The predicted molar refractivity (Wildman–Crippen MR) is 141 cm³/mol. The van der Waals surface area contributed by atoms with Crippen LogP contribution in [0.4, 0.5) is 13.2 Å². The van der Waals surface area contributed by atoms with E-state index in [9.17, 15) is 26.4 Å². The molecule has 7 nitrogen and oxygen atoms in total. The molecule has 0 aliphatic heterocycles. The monoisotopic (exact) mass is 577 g/mol. The molecule has 0 spiro atoms. The Morgan fingerprint density at radius 2 is 1.92 bits per heavy atom. The molecule has 1 saturated carbocycles. The molecule has 1 aliphatic rings. The van der Waals surface area contributed by atoms with Crippen molar-refractivity contribution in [2.45, 2.75) is 70.3 Å². The number of nitrogens with zero attached hydrogens (tertiary/aromatic N) is 2. The van der Waals surface area contributed by atoms with Gasteiger partial charge in [-0.05, 0) is 62.1 Å². The van der Waals surface area contributed by atoms with E-state index in [0.717, 1.165) is 6.92 Å². The normalized spacial score (nSPS) is 19.3. The maximum atomic E-state index is 13.1. The third-order valence-electron chi connectivity index (χ3n) is 7.12. The number of sulfone groups is 1. The largest absolute Gasteiger partial charge is 0.496 e. The highest BCUT2D eigenvalue weighted by Gasteiger charge is 2.36. The second-order valence-corrected chi connectivity index (χ2v) is 12.8. The number of ether oxygens (including phenoxy) is 1. The van der Waals surface area contributed by atoms with Gasteiger partial charge in [0.1, 0.15) is 15.6 Å². The first-order valence-electron chi connectivity index (χ1n) is 12.7. The molecule has 1 heterocycles. The second-order valence-electron chi connectivity index (χ2n) is 10.1. The fraction of sp³-hybridized carbons (Fsp3) is 0.615. The molecular weight excluding hydrogens is 543 g/mol. The Morgan fingerprint density at radius 3 is 2.47 bits per heavy atom. The van der Waals surface area contributed by atoms with Crippen molar-refractivity contribution in [3.8, 4) is 17.0 Å². The Kier molecular flexibility index (Phi) is 9.78. The van der Waals surface area contributed by atoms with E-state index in [1.54, 1.807) is 22.9 Å². The summed E-state index contributed by atoms with van der Waals surface area (Å²) < 4.78 is 69.9. The summed E-state index contributed by atoms with van der Waals surface area (Å²) in [5.74, 6) is -1.44. The summed E-state index contributed by atoms with van der Waals surface area (Å²) in [5.41, 5.74) is 1.51. The number of hydrogen-bond donors (Lipinski definition) is 1. The maximum Gasteiger partial charge on any atom is 0.391 e. The van der Waals surface area contributed by atoms with E-state index >= 15 is 0 Å². The number of halogens is 4. The van der Waals surface area contributed by atoms with Crippen LogP contribution < -0.4 is 10.1 Å². The fourth-order valence-electron chi connectivity index (χ4n) is 4.83. The molecular formula is C26H35ClF3N3O4S. The van der Waals surface area contributed by atoms with Crippen LogP contribution in [0.5, 0.6) is 5.75 Å². The summed E-state index contributed by atoms with van der Waals surface area (Å²) in [6, 6.07) is 4.81. The van der Waals surface area contributed by atoms with Crippen LogP contribution in [-0.2, 0) is 22.8 Å². The number of nitrogens with one attached hydrogen (secondary N) is 1. The molecule has 1 atom stereocenters. The molecule has 0 saturated heterocycles. The highest BCUT2D eigenvalue weighted by atomic mass is 35.5. The lowest BCUT2D eigenvalue weighted by atomic mass is 9.89. The number of carbonyl (C=O) groups is 1. The number of alkyl halides is 3. The fourth-order valence-corrected chi connectivity index (χ4v) is 6.28. The number of aromatic nitrogens is 2. The summed E-state index contributed by atoms with van der Waals surface area (Å²) in [5, 5.41) is 7.14. The number of hydrogen-bond acceptors (Lipinski definition) is 5. The molecule has 1 N–H and O–H groups in total. The highest BCUT2D eigenvalue weighted by molar-refractivity contribution is 7.91. The summed E-state index contributed by atoms with van der Waals surface area (Å²) >= 11 is 6.68. The van der Waals surface area contributed by atoms with Crippen molar-refractivity contribution in [3.05, 3.63) is 34.5 Å². The summed E-state index contributed by atoms with van der Waals surface area (Å²) in [4.78, 5) is 13.1. The Morgan fingerprint density at radius 1 is 1.26 bits per heavy atom. The van der Waals surface area contributed by atoms with E-state index in [-0.39, 0.29) is 28.3 Å². The lowest BCUT2D eigenvalue weighted by molar-refractivity contribution is -0.169. The van der Waals surface area contributed by atoms with Gasteiger partial charge in [-0.1, -0.05) is 31.5 Å². The van der Waals surface area contributed by atoms with Crippen molar-refractivity contribution in [2.75, 3.05) is 19.9 Å². The van der Waals surface area contributed by atoms with Gasteiger partial charge < -0.3 is 10.1 Å². The molecule has 1 aromatic heterocycles. The van der Waals surface area contributed by atoms with Crippen LogP contribution in [0, 0.1) is 11.8 Å². The molecule has 0 unspecified atom stereocenters. The van der Waals surface area contributed by atoms with Gasteiger partial charge in [0.05, 0.1) is 29.0 Å². The number of methoxy groups -OCH3 is 1. The van der Waals surface area contributed by atoms with Crippen molar-refractivity contribution >= 4 is 27.3 Å². The van der Waals surface area contributed by atoms with Crippen LogP contribution in [0.1, 0.15) is 62.0 Å². The van der Waals surface area contributed by atoms with Gasteiger partial charge >= 0.3 is 6.18 Å². The van der Waals surface area contributed by atoms with E-state index < -0.39 is 27.8 Å². The van der Waals surface area contributed by atoms with E-state index in [2.05, 4.69) is 10.4 Å². The maximum absolute atomic E-state index is 13.1. The number of carbonyl (C=O) groups excluding carboxylic acids is 1. The van der Waals surface area contributed by atoms with E-state index in [4.69, 9.17) is 16.3 Å². The van der Waals surface area contributed by atoms with Crippen LogP contribution in [-0.4, -0.2) is 55.4 Å². The van der Waals surface area contributed by atoms with Crippen LogP contribution in [0.3, 0.4) is 0 Å². The Labute approximate surface area is 227 Å². The standard InChI is InChI=1S/C26H35ClF3N3O4S/c1-5-12-33-24(20-11-8-18(14-21(20)37-3)13-16(2)26(28,29)30)22(27)23(32-33)25(34)31-15-17-6-9-19(10-7-17)38(4,35)36/h8,11,14,16-17,19H,5-7,9-10,12-13,15H2,1-4H3,(H,31,34)/t16-,17?,19?/m0/s1. The minimum atomic E-state index is -4.30. The van der Waals surface area contributed by atoms with Crippen molar-refractivity contribution in [2.24, 2.45) is 11.8 Å². The Bertz CT molecular complexity index is 1240. The quantitative estimate of drug-likeness (QED) is 0.391. The van der Waals surface area contributed by atoms with Crippen molar-refractivity contribution in [1.82, 2.24) is 15.1 Å². The van der Waals surface area contributed by atoms with Gasteiger partial charge in [0.25, 0.3) is 5.91 Å². The van der Waals surface area contributed by atoms with E-state index in [1.807, 2.05) is 6.92 Å². The molecule has 1 aromatic carbocycles. The zero-order chi connectivity index (χ0) is 28.3. The molecule has 0 radical (unpaired) electrons. The SMILES string of the molecule is CCCn1nc(C(=O)NCC2CCC(S(C)(=O)=O)CC2)c(Cl)c1-c1ccc(C[C@H](C)C(F)(F)F)cc1OC. The Balaban J connectivity index is 1.81. The predicted octanol–water partition coefficient (Wildman–Crippen LogP) is 5.70. The van der Waals surface area contributed by atoms with Gasteiger partial charge in [0.15, 0.2) is 5.69 Å². The number of aryl methyl sites for hydroxylation is 1. The van der Waals surface area contributed by atoms with Crippen molar-refractivity contribution in [3.63, 3.8) is 0 Å². The molecule has 12 heteroatoms. The third kappa shape index (κ3) is 7.22. The zero-order valence-corrected chi connectivity index (χ0v) is 23.6. The molecule has 1 fully saturated rings. The van der Waals surface area contributed by atoms with Gasteiger partial charge in [-0.2, -0.15) is 18.3 Å². The van der Waals surface area contributed by atoms with E-state index in [1.165, 1.54) is 13.4 Å². The molecule has 1 aliphatic carbocycles. The van der Waals surface area contributed by atoms with Crippen molar-refractivity contribution in [1.29, 1.82) is 0 Å². The molecule has 3 rings (SSSR count). The minimum absolute atomic E-state index is 0.0526. The van der Waals surface area contributed by atoms with Gasteiger partial charge in [-0.3, -0.25) is 9.48 Å². The lowest BCUT2D eigenvalue weighted by Crippen LogP contribution is -2.34. The molecule has 2 aromatic rings. The average molecular weight is 578 g/mol. The first kappa shape index (κ1) is 30.3. The van der Waals surface area contributed by atoms with Gasteiger partial charge in [-0.25, -0.2) is 8.42 Å². The second kappa shape index (κ2) is 12.3. The number of amides is 1.